The lowest BCUT2D eigenvalue weighted by atomic mass is 9.86. The zero-order chi connectivity index (χ0) is 19.6. The van der Waals surface area contributed by atoms with Gasteiger partial charge in [-0.2, -0.15) is 0 Å². The molecule has 10 heteroatoms. The number of fused-ring (bicyclic) bond motifs is 1. The summed E-state index contributed by atoms with van der Waals surface area (Å²) in [6.07, 6.45) is 4.41. The average Bonchev–Trinajstić information content (AvgIpc) is 3.04. The van der Waals surface area contributed by atoms with E-state index in [0.717, 1.165) is 28.4 Å². The third-order valence-corrected chi connectivity index (χ3v) is 6.75. The Morgan fingerprint density at radius 1 is 1.33 bits per heavy atom. The fourth-order valence-corrected chi connectivity index (χ4v) is 4.17. The first-order valence-electron chi connectivity index (χ1n) is 8.99. The van der Waals surface area contributed by atoms with Crippen molar-refractivity contribution in [1.29, 1.82) is 0 Å². The highest BCUT2D eigenvalue weighted by molar-refractivity contribution is 7.89. The molecule has 1 aliphatic carbocycles. The second-order valence-electron chi connectivity index (χ2n) is 7.11. The van der Waals surface area contributed by atoms with Crippen LogP contribution in [0.5, 0.6) is 0 Å². The summed E-state index contributed by atoms with van der Waals surface area (Å²) in [5.74, 6) is 0.225. The number of rotatable bonds is 6. The van der Waals surface area contributed by atoms with Crippen molar-refractivity contribution in [1.82, 2.24) is 24.8 Å². The fraction of sp³-hybridized carbons (Fsp3) is 0.588. The van der Waals surface area contributed by atoms with Crippen LogP contribution in [0.25, 0.3) is 11.0 Å². The van der Waals surface area contributed by atoms with E-state index in [1.54, 1.807) is 6.07 Å². The van der Waals surface area contributed by atoms with Crippen LogP contribution in [0.15, 0.2) is 23.1 Å². The highest BCUT2D eigenvalue weighted by Crippen LogP contribution is 2.23. The van der Waals surface area contributed by atoms with Gasteiger partial charge in [0.05, 0.1) is 4.90 Å². The molecule has 1 aromatic carbocycles. The molecule has 0 unspecified atom stereocenters. The number of nitrogens with zero attached hydrogens (tertiary/aromatic N) is 4. The summed E-state index contributed by atoms with van der Waals surface area (Å²) in [5.41, 5.74) is 0.866. The summed E-state index contributed by atoms with van der Waals surface area (Å²) in [6, 6.07) is 4.63. The Morgan fingerprint density at radius 3 is 2.78 bits per heavy atom. The molecule has 0 saturated heterocycles. The average molecular weight is 395 g/mol. The van der Waals surface area contributed by atoms with Crippen LogP contribution in [0.4, 0.5) is 0 Å². The van der Waals surface area contributed by atoms with Gasteiger partial charge < -0.3 is 10.2 Å². The van der Waals surface area contributed by atoms with Gasteiger partial charge in [-0.05, 0) is 42.2 Å². The van der Waals surface area contributed by atoms with Crippen molar-refractivity contribution < 1.29 is 18.0 Å². The predicted molar refractivity (Wildman–Crippen MR) is 99.4 cm³/mol. The monoisotopic (exact) mass is 395 g/mol. The Morgan fingerprint density at radius 2 is 2.07 bits per heavy atom. The largest absolute Gasteiger partial charge is 0.385 e. The van der Waals surface area contributed by atoms with E-state index in [4.69, 9.17) is 4.84 Å². The lowest BCUT2D eigenvalue weighted by Gasteiger charge is -2.29. The van der Waals surface area contributed by atoms with Gasteiger partial charge >= 0.3 is 0 Å². The molecule has 1 amide bonds. The summed E-state index contributed by atoms with van der Waals surface area (Å²) in [4.78, 5) is 18.8. The number of nitrogens with one attached hydrogen (secondary N) is 1. The van der Waals surface area contributed by atoms with Gasteiger partial charge in [0.25, 0.3) is 5.91 Å². The van der Waals surface area contributed by atoms with E-state index in [1.165, 1.54) is 32.6 Å². The molecular formula is C17H25N5O4S. The smallest absolute Gasteiger partial charge is 0.261 e. The Hall–Kier alpha value is -2.20. The van der Waals surface area contributed by atoms with E-state index in [1.807, 2.05) is 0 Å². The molecule has 0 radical (unpaired) electrons. The van der Waals surface area contributed by atoms with Crippen molar-refractivity contribution in [2.75, 3.05) is 20.7 Å². The van der Waals surface area contributed by atoms with Gasteiger partial charge in [0, 0.05) is 20.1 Å². The second-order valence-corrected chi connectivity index (χ2v) is 9.26. The third-order valence-electron chi connectivity index (χ3n) is 4.94. The molecule has 2 aromatic rings. The Kier molecular flexibility index (Phi) is 5.66. The van der Waals surface area contributed by atoms with Crippen molar-refractivity contribution in [2.24, 2.45) is 5.92 Å². The van der Waals surface area contributed by atoms with Crippen LogP contribution in [0.1, 0.15) is 32.6 Å². The normalized spacial score (nSPS) is 20.7. The van der Waals surface area contributed by atoms with Crippen LogP contribution in [0, 0.1) is 5.92 Å². The van der Waals surface area contributed by atoms with Crippen LogP contribution in [-0.2, 0) is 14.8 Å². The summed E-state index contributed by atoms with van der Waals surface area (Å²) < 4.78 is 25.7. The summed E-state index contributed by atoms with van der Waals surface area (Å²) in [5, 5.41) is 10.8. The maximum absolute atomic E-state index is 12.3. The summed E-state index contributed by atoms with van der Waals surface area (Å²) in [6.45, 7) is 1.93. The predicted octanol–water partition coefficient (Wildman–Crippen LogP) is 0.805. The molecule has 1 saturated carbocycles. The first-order chi connectivity index (χ1) is 12.8. The molecule has 27 heavy (non-hydrogen) atoms. The van der Waals surface area contributed by atoms with Crippen molar-refractivity contribution in [3.63, 3.8) is 0 Å². The Balaban J connectivity index is 1.70. The van der Waals surface area contributed by atoms with E-state index in [0.29, 0.717) is 17.0 Å². The fourth-order valence-electron chi connectivity index (χ4n) is 3.24. The molecule has 148 valence electrons. The molecule has 0 bridgehead atoms. The van der Waals surface area contributed by atoms with E-state index >= 15 is 0 Å². The maximum atomic E-state index is 12.3. The number of sulfonamides is 1. The molecule has 3 rings (SSSR count). The lowest BCUT2D eigenvalue weighted by molar-refractivity contribution is -0.127. The topological polar surface area (TPSA) is 106 Å². The molecule has 1 aromatic heterocycles. The minimum atomic E-state index is -3.59. The molecule has 9 nitrogen and oxygen atoms in total. The maximum Gasteiger partial charge on any atom is 0.261 e. The summed E-state index contributed by atoms with van der Waals surface area (Å²) >= 11 is 0. The minimum Gasteiger partial charge on any atom is -0.385 e. The van der Waals surface area contributed by atoms with Gasteiger partial charge in [0.15, 0.2) is 6.61 Å². The first-order valence-corrected chi connectivity index (χ1v) is 10.4. The van der Waals surface area contributed by atoms with E-state index < -0.39 is 10.0 Å². The SMILES string of the molecule is C[C@@H]1CCCC[C@H]1NC(=O)COn1nnc2ccc(S(=O)(=O)N(C)C)cc21. The Bertz CT molecular complexity index is 925. The van der Waals surface area contributed by atoms with Crippen molar-refractivity contribution >= 4 is 27.0 Å². The minimum absolute atomic E-state index is 0.104. The number of aromatic nitrogens is 3. The Labute approximate surface area is 158 Å². The number of benzene rings is 1. The lowest BCUT2D eigenvalue weighted by Crippen LogP contribution is -2.43. The van der Waals surface area contributed by atoms with Gasteiger partial charge in [0.1, 0.15) is 11.0 Å². The second kappa shape index (κ2) is 7.81. The number of amides is 1. The molecule has 1 fully saturated rings. The van der Waals surface area contributed by atoms with Crippen molar-refractivity contribution in [3.8, 4) is 0 Å². The van der Waals surface area contributed by atoms with Gasteiger partial charge in [-0.25, -0.2) is 12.7 Å². The number of hydrogen-bond donors (Lipinski definition) is 1. The number of hydrogen-bond acceptors (Lipinski definition) is 6. The van der Waals surface area contributed by atoms with Gasteiger partial charge in [-0.15, -0.1) is 5.10 Å². The van der Waals surface area contributed by atoms with Gasteiger partial charge in [0.2, 0.25) is 10.0 Å². The van der Waals surface area contributed by atoms with E-state index in [2.05, 4.69) is 22.6 Å². The zero-order valence-electron chi connectivity index (χ0n) is 15.8. The van der Waals surface area contributed by atoms with Crippen LogP contribution >= 0.6 is 0 Å². The number of carbonyl (C=O) groups is 1. The molecule has 2 atom stereocenters. The highest BCUT2D eigenvalue weighted by Gasteiger charge is 2.23. The van der Waals surface area contributed by atoms with Gasteiger partial charge in [-0.3, -0.25) is 4.79 Å². The molecule has 1 aliphatic rings. The summed E-state index contributed by atoms with van der Waals surface area (Å²) in [7, 11) is -0.669. The standard InChI is InChI=1S/C17H25N5O4S/c1-12-6-4-5-7-14(12)18-17(23)11-26-22-16-10-13(27(24,25)21(2)3)8-9-15(16)19-20-22/h8-10,12,14H,4-7,11H2,1-3H3,(H,18,23)/t12-,14-/m1/s1. The third kappa shape index (κ3) is 4.22. The molecule has 0 spiro atoms. The first kappa shape index (κ1) is 19.6. The van der Waals surface area contributed by atoms with Crippen LogP contribution in [0.3, 0.4) is 0 Å². The van der Waals surface area contributed by atoms with Crippen LogP contribution in [-0.4, -0.2) is 60.5 Å². The molecule has 0 aliphatic heterocycles. The van der Waals surface area contributed by atoms with Crippen LogP contribution in [0.2, 0.25) is 0 Å². The highest BCUT2D eigenvalue weighted by atomic mass is 32.2. The quantitative estimate of drug-likeness (QED) is 0.776. The molecular weight excluding hydrogens is 370 g/mol. The van der Waals surface area contributed by atoms with E-state index in [-0.39, 0.29) is 23.5 Å². The molecule has 1 heterocycles. The van der Waals surface area contributed by atoms with Crippen molar-refractivity contribution in [2.45, 2.75) is 43.5 Å². The van der Waals surface area contributed by atoms with E-state index in [9.17, 15) is 13.2 Å². The van der Waals surface area contributed by atoms with Crippen molar-refractivity contribution in [3.05, 3.63) is 18.2 Å². The molecule has 1 N–H and O–H groups in total. The van der Waals surface area contributed by atoms with Gasteiger partial charge in [-0.1, -0.05) is 24.6 Å². The zero-order valence-corrected chi connectivity index (χ0v) is 16.6. The van der Waals surface area contributed by atoms with Crippen LogP contribution < -0.4 is 10.2 Å². The number of carbonyl (C=O) groups excluding carboxylic acids is 1.